The number of fused-ring (bicyclic) bond motifs is 2. The van der Waals surface area contributed by atoms with Gasteiger partial charge in [0.2, 0.25) is 0 Å². The molecule has 7 heteroatoms. The molecule has 7 aromatic rings. The van der Waals surface area contributed by atoms with E-state index in [1.165, 1.54) is 0 Å². The quantitative estimate of drug-likeness (QED) is 0.134. The van der Waals surface area contributed by atoms with Crippen molar-refractivity contribution in [2.24, 2.45) is 4.99 Å². The second-order valence-corrected chi connectivity index (χ2v) is 12.8. The van der Waals surface area contributed by atoms with Crippen molar-refractivity contribution in [2.75, 3.05) is 10.2 Å². The molecule has 4 N–H and O–H groups in total. The van der Waals surface area contributed by atoms with Gasteiger partial charge in [0.25, 0.3) is 0 Å². The van der Waals surface area contributed by atoms with Gasteiger partial charge in [-0.15, -0.1) is 0 Å². The lowest BCUT2D eigenvalue weighted by atomic mass is 10.0. The Hall–Kier alpha value is -6.83. The molecule has 0 saturated heterocycles. The van der Waals surface area contributed by atoms with Crippen molar-refractivity contribution in [1.29, 1.82) is 0 Å². The number of amidine groups is 1. The normalized spacial score (nSPS) is 16.1. The number of anilines is 5. The molecule has 0 radical (unpaired) electrons. The molecule has 0 aromatic heterocycles. The molecule has 0 fully saturated rings. The Morgan fingerprint density at radius 2 is 1.17 bits per heavy atom. The first-order chi connectivity index (χ1) is 25.7. The Morgan fingerprint density at radius 1 is 0.577 bits per heavy atom. The molecule has 2 aliphatic rings. The third kappa shape index (κ3) is 5.99. The summed E-state index contributed by atoms with van der Waals surface area (Å²) < 4.78 is 6.23. The van der Waals surface area contributed by atoms with Gasteiger partial charge in [-0.25, -0.2) is 4.99 Å². The Morgan fingerprint density at radius 3 is 1.88 bits per heavy atom. The number of hydrogen-bond acceptors (Lipinski definition) is 7. The van der Waals surface area contributed by atoms with Crippen LogP contribution in [0.5, 0.6) is 17.2 Å². The van der Waals surface area contributed by atoms with Crippen LogP contribution in [-0.4, -0.2) is 10.9 Å². The first-order valence-corrected chi connectivity index (χ1v) is 17.3. The van der Waals surface area contributed by atoms with Gasteiger partial charge in [0.05, 0.1) is 11.4 Å². The van der Waals surface area contributed by atoms with Gasteiger partial charge in [0.15, 0.2) is 11.5 Å². The Bertz CT molecular complexity index is 2350. The van der Waals surface area contributed by atoms with Crippen LogP contribution < -0.4 is 25.6 Å². The van der Waals surface area contributed by atoms with Crippen LogP contribution in [-0.2, 0) is 0 Å². The number of para-hydroxylation sites is 6. The van der Waals surface area contributed by atoms with E-state index in [0.717, 1.165) is 73.6 Å². The number of nitrogens with one attached hydrogen (secondary N) is 3. The van der Waals surface area contributed by atoms with Crippen molar-refractivity contribution in [3.8, 4) is 28.4 Å². The Kier molecular flexibility index (Phi) is 8.08. The van der Waals surface area contributed by atoms with Crippen LogP contribution in [0.1, 0.15) is 29.0 Å². The lowest BCUT2D eigenvalue weighted by molar-refractivity contribution is 0.409. The van der Waals surface area contributed by atoms with Crippen molar-refractivity contribution < 1.29 is 9.84 Å². The van der Waals surface area contributed by atoms with Gasteiger partial charge in [-0.3, -0.25) is 5.32 Å². The van der Waals surface area contributed by atoms with Crippen LogP contribution in [0.15, 0.2) is 181 Å². The summed E-state index contributed by atoms with van der Waals surface area (Å²) in [5.41, 5.74) is 9.76. The minimum Gasteiger partial charge on any atom is -0.507 e. The molecule has 0 spiro atoms. The van der Waals surface area contributed by atoms with E-state index < -0.39 is 0 Å². The minimum absolute atomic E-state index is 0.196. The summed E-state index contributed by atoms with van der Waals surface area (Å²) in [7, 11) is 0. The van der Waals surface area contributed by atoms with Crippen molar-refractivity contribution in [2.45, 2.75) is 12.3 Å². The molecule has 0 bridgehead atoms. The first kappa shape index (κ1) is 31.2. The maximum Gasteiger partial charge on any atom is 0.151 e. The van der Waals surface area contributed by atoms with E-state index in [9.17, 15) is 5.11 Å². The summed E-state index contributed by atoms with van der Waals surface area (Å²) in [4.78, 5) is 7.40. The molecule has 2 unspecified atom stereocenters. The second kappa shape index (κ2) is 13.5. The highest BCUT2D eigenvalue weighted by Crippen LogP contribution is 2.50. The average molecular weight is 678 g/mol. The van der Waals surface area contributed by atoms with E-state index in [4.69, 9.17) is 9.73 Å². The molecular weight excluding hydrogens is 643 g/mol. The van der Waals surface area contributed by atoms with Crippen LogP contribution in [0.4, 0.5) is 28.4 Å². The molecule has 0 amide bonds. The SMILES string of the molecule is Oc1ccccc1-c1ccccc1Nc1ccc(C2NC(c3ccccc3)=NC(c3ccc(N4c5ccccc5Oc5ccccc54)cc3)N2)cc1. The number of aromatic hydroxyl groups is 1. The maximum atomic E-state index is 10.5. The van der Waals surface area contributed by atoms with Gasteiger partial charge in [-0.05, 0) is 71.8 Å². The molecule has 252 valence electrons. The molecule has 9 rings (SSSR count). The van der Waals surface area contributed by atoms with Gasteiger partial charge in [0, 0.05) is 33.8 Å². The monoisotopic (exact) mass is 677 g/mol. The summed E-state index contributed by atoms with van der Waals surface area (Å²) in [5.74, 6) is 2.73. The standard InChI is InChI=1S/C45H35N5O2/c51-40-19-9-5-15-36(40)35-14-4-6-16-37(35)46-33-26-22-31(23-27-33)44-47-43(30-12-2-1-3-13-30)48-45(49-44)32-24-28-34(29-25-32)50-38-17-7-10-20-41(38)52-42-21-11-8-18-39(42)50/h1-29,44-46,49,51H,(H,47,48). The molecule has 7 nitrogen and oxygen atoms in total. The van der Waals surface area contributed by atoms with E-state index >= 15 is 0 Å². The number of aliphatic imine (C=N–C) groups is 1. The second-order valence-electron chi connectivity index (χ2n) is 12.8. The zero-order valence-corrected chi connectivity index (χ0v) is 28.1. The molecule has 52 heavy (non-hydrogen) atoms. The number of rotatable bonds is 7. The van der Waals surface area contributed by atoms with E-state index in [1.807, 2.05) is 97.1 Å². The zero-order valence-electron chi connectivity index (χ0n) is 28.1. The van der Waals surface area contributed by atoms with Gasteiger partial charge < -0.3 is 25.4 Å². The van der Waals surface area contributed by atoms with Crippen LogP contribution in [0.2, 0.25) is 0 Å². The summed E-state index contributed by atoms with van der Waals surface area (Å²) in [6.45, 7) is 0. The van der Waals surface area contributed by atoms with Crippen LogP contribution >= 0.6 is 0 Å². The van der Waals surface area contributed by atoms with Crippen molar-refractivity contribution in [3.63, 3.8) is 0 Å². The largest absolute Gasteiger partial charge is 0.507 e. The molecule has 0 aliphatic carbocycles. The third-order valence-electron chi connectivity index (χ3n) is 9.45. The first-order valence-electron chi connectivity index (χ1n) is 17.3. The molecule has 2 heterocycles. The topological polar surface area (TPSA) is 81.2 Å². The fourth-order valence-corrected chi connectivity index (χ4v) is 6.88. The average Bonchev–Trinajstić information content (AvgIpc) is 3.21. The third-order valence-corrected chi connectivity index (χ3v) is 9.45. The van der Waals surface area contributed by atoms with E-state index in [0.29, 0.717) is 0 Å². The maximum absolute atomic E-state index is 10.5. The van der Waals surface area contributed by atoms with Gasteiger partial charge in [-0.1, -0.05) is 115 Å². The molecular formula is C45H35N5O2. The number of benzene rings is 7. The molecule has 2 atom stereocenters. The molecule has 7 aromatic carbocycles. The highest BCUT2D eigenvalue weighted by Gasteiger charge is 2.28. The Balaban J connectivity index is 1.00. The molecule has 0 saturated carbocycles. The number of hydrogen-bond donors (Lipinski definition) is 4. The van der Waals surface area contributed by atoms with Crippen molar-refractivity contribution in [1.82, 2.24) is 10.6 Å². The van der Waals surface area contributed by atoms with Crippen molar-refractivity contribution in [3.05, 3.63) is 193 Å². The summed E-state index contributed by atoms with van der Waals surface area (Å²) in [6, 6.07) is 58.9. The summed E-state index contributed by atoms with van der Waals surface area (Å²) >= 11 is 0. The van der Waals surface area contributed by atoms with Gasteiger partial charge in [0.1, 0.15) is 23.9 Å². The van der Waals surface area contributed by atoms with Crippen LogP contribution in [0, 0.1) is 0 Å². The minimum atomic E-state index is -0.289. The smallest absolute Gasteiger partial charge is 0.151 e. The number of phenolic OH excluding ortho intramolecular Hbond substituents is 1. The zero-order chi connectivity index (χ0) is 34.9. The van der Waals surface area contributed by atoms with Crippen LogP contribution in [0.3, 0.4) is 0 Å². The fraction of sp³-hybridized carbons (Fsp3) is 0.0444. The number of ether oxygens (including phenoxy) is 1. The summed E-state index contributed by atoms with van der Waals surface area (Å²) in [5, 5.41) is 21.5. The van der Waals surface area contributed by atoms with Crippen molar-refractivity contribution >= 4 is 34.3 Å². The van der Waals surface area contributed by atoms with E-state index in [1.54, 1.807) is 6.07 Å². The van der Waals surface area contributed by atoms with Gasteiger partial charge >= 0.3 is 0 Å². The lowest BCUT2D eigenvalue weighted by Gasteiger charge is -2.34. The van der Waals surface area contributed by atoms with E-state index in [-0.39, 0.29) is 18.1 Å². The Labute approximate surface area is 302 Å². The predicted molar refractivity (Wildman–Crippen MR) is 209 cm³/mol. The fourth-order valence-electron chi connectivity index (χ4n) is 6.88. The number of phenols is 1. The van der Waals surface area contributed by atoms with Crippen LogP contribution in [0.25, 0.3) is 11.1 Å². The van der Waals surface area contributed by atoms with E-state index in [2.05, 4.69) is 93.6 Å². The summed E-state index contributed by atoms with van der Waals surface area (Å²) in [6.07, 6.45) is -0.485. The number of nitrogens with zero attached hydrogens (tertiary/aromatic N) is 2. The highest BCUT2D eigenvalue weighted by atomic mass is 16.5. The lowest BCUT2D eigenvalue weighted by Crippen LogP contribution is -2.44. The predicted octanol–water partition coefficient (Wildman–Crippen LogP) is 10.7. The van der Waals surface area contributed by atoms with Gasteiger partial charge in [-0.2, -0.15) is 0 Å². The highest BCUT2D eigenvalue weighted by molar-refractivity contribution is 5.99. The molecule has 2 aliphatic heterocycles.